The minimum absolute atomic E-state index is 0.0801. The molecule has 9 heteroatoms. The summed E-state index contributed by atoms with van der Waals surface area (Å²) in [7, 11) is -3.56. The highest BCUT2D eigenvalue weighted by Gasteiger charge is 2.44. The number of amides is 2. The number of hydrogen-bond acceptors (Lipinski definition) is 5. The molecule has 152 valence electrons. The smallest absolute Gasteiger partial charge is 0.251 e. The van der Waals surface area contributed by atoms with E-state index in [1.807, 2.05) is 4.90 Å². The number of hydrogen-bond donors (Lipinski definition) is 0. The Morgan fingerprint density at radius 1 is 0.897 bits per heavy atom. The van der Waals surface area contributed by atoms with Crippen LogP contribution in [0, 0.1) is 0 Å². The first-order chi connectivity index (χ1) is 13.9. The van der Waals surface area contributed by atoms with Gasteiger partial charge in [0, 0.05) is 31.2 Å². The van der Waals surface area contributed by atoms with E-state index in [1.54, 1.807) is 54.6 Å². The summed E-state index contributed by atoms with van der Waals surface area (Å²) in [5, 5.41) is 0.450. The zero-order valence-electron chi connectivity index (χ0n) is 15.6. The lowest BCUT2D eigenvalue weighted by Gasteiger charge is -2.36. The monoisotopic (exact) mass is 433 g/mol. The van der Waals surface area contributed by atoms with Crippen LogP contribution in [0.3, 0.4) is 0 Å². The average Bonchev–Trinajstić information content (AvgIpc) is 3.03. The number of carbonyl (C=O) groups excluding carboxylic acids is 2. The Balaban J connectivity index is 1.45. The third-order valence-corrected chi connectivity index (χ3v) is 7.43. The molecule has 0 aliphatic carbocycles. The zero-order valence-corrected chi connectivity index (χ0v) is 17.1. The minimum atomic E-state index is -3.56. The molecule has 0 aromatic heterocycles. The van der Waals surface area contributed by atoms with Gasteiger partial charge in [-0.3, -0.25) is 14.5 Å². The van der Waals surface area contributed by atoms with Crippen LogP contribution in [0.25, 0.3) is 0 Å². The lowest BCUT2D eigenvalue weighted by atomic mass is 10.2. The molecule has 0 saturated carbocycles. The number of piperazine rings is 1. The van der Waals surface area contributed by atoms with Crippen LogP contribution >= 0.6 is 11.6 Å². The second-order valence-electron chi connectivity index (χ2n) is 7.02. The molecule has 2 fully saturated rings. The van der Waals surface area contributed by atoms with Gasteiger partial charge in [-0.15, -0.1) is 0 Å². The lowest BCUT2D eigenvalue weighted by molar-refractivity contribution is -0.123. The fraction of sp³-hybridized carbons (Fsp3) is 0.300. The number of nitrogens with zero attached hydrogens (tertiary/aromatic N) is 3. The van der Waals surface area contributed by atoms with E-state index in [0.29, 0.717) is 23.8 Å². The molecule has 4 rings (SSSR count). The zero-order chi connectivity index (χ0) is 20.6. The first-order valence-electron chi connectivity index (χ1n) is 9.29. The summed E-state index contributed by atoms with van der Waals surface area (Å²) >= 11 is 5.99. The van der Waals surface area contributed by atoms with Crippen LogP contribution < -0.4 is 4.90 Å². The Bertz CT molecular complexity index is 1040. The van der Waals surface area contributed by atoms with Crippen LogP contribution in [0.15, 0.2) is 59.5 Å². The Morgan fingerprint density at radius 3 is 2.24 bits per heavy atom. The van der Waals surface area contributed by atoms with E-state index in [0.717, 1.165) is 0 Å². The number of anilines is 1. The summed E-state index contributed by atoms with van der Waals surface area (Å²) in [5.74, 6) is -0.571. The molecule has 29 heavy (non-hydrogen) atoms. The van der Waals surface area contributed by atoms with E-state index in [2.05, 4.69) is 0 Å². The van der Waals surface area contributed by atoms with Crippen molar-refractivity contribution in [3.63, 3.8) is 0 Å². The summed E-state index contributed by atoms with van der Waals surface area (Å²) in [6.45, 7) is 1.32. The molecule has 2 saturated heterocycles. The highest BCUT2D eigenvalue weighted by atomic mass is 35.5. The van der Waals surface area contributed by atoms with Gasteiger partial charge in [-0.2, -0.15) is 4.31 Å². The molecule has 0 bridgehead atoms. The molecule has 7 nitrogen and oxygen atoms in total. The van der Waals surface area contributed by atoms with E-state index in [1.165, 1.54) is 9.21 Å². The highest BCUT2D eigenvalue weighted by Crippen LogP contribution is 2.28. The van der Waals surface area contributed by atoms with Gasteiger partial charge in [0.1, 0.15) is 0 Å². The highest BCUT2D eigenvalue weighted by molar-refractivity contribution is 7.89. The van der Waals surface area contributed by atoms with Crippen LogP contribution in [0.1, 0.15) is 6.42 Å². The third-order valence-electron chi connectivity index (χ3n) is 5.28. The maximum Gasteiger partial charge on any atom is 0.251 e. The van der Waals surface area contributed by atoms with Crippen molar-refractivity contribution in [3.05, 3.63) is 59.6 Å². The summed E-state index contributed by atoms with van der Waals surface area (Å²) < 4.78 is 27.0. The van der Waals surface area contributed by atoms with Gasteiger partial charge in [-0.25, -0.2) is 13.3 Å². The molecule has 1 atom stereocenters. The normalized spacial score (nSPS) is 21.7. The molecule has 1 unspecified atom stereocenters. The van der Waals surface area contributed by atoms with E-state index >= 15 is 0 Å². The number of carbonyl (C=O) groups is 2. The molecule has 2 amide bonds. The summed E-state index contributed by atoms with van der Waals surface area (Å²) in [6, 6.07) is 14.4. The number of rotatable bonds is 4. The van der Waals surface area contributed by atoms with Crippen molar-refractivity contribution in [1.29, 1.82) is 0 Å². The summed E-state index contributed by atoms with van der Waals surface area (Å²) in [4.78, 5) is 28.7. The van der Waals surface area contributed by atoms with Crippen LogP contribution in [-0.4, -0.2) is 61.7 Å². The molecule has 2 aromatic carbocycles. The van der Waals surface area contributed by atoms with Crippen molar-refractivity contribution in [3.8, 4) is 0 Å². The number of imide groups is 1. The largest absolute Gasteiger partial charge is 0.289 e. The van der Waals surface area contributed by atoms with E-state index in [-0.39, 0.29) is 36.2 Å². The predicted octanol–water partition coefficient (Wildman–Crippen LogP) is 1.98. The standard InChI is InChI=1S/C20H20ClN3O4S/c21-15-5-4-6-16(13-15)24-19(25)14-18(20(24)26)22-9-11-23(12-10-22)29(27,28)17-7-2-1-3-8-17/h1-8,13,18H,9-12,14H2. The molecule has 2 heterocycles. The van der Waals surface area contributed by atoms with Gasteiger partial charge < -0.3 is 0 Å². The summed E-state index contributed by atoms with van der Waals surface area (Å²) in [5.41, 5.74) is 0.459. The molecule has 0 spiro atoms. The van der Waals surface area contributed by atoms with E-state index in [4.69, 9.17) is 11.6 Å². The molecule has 2 aromatic rings. The maximum atomic E-state index is 12.9. The first-order valence-corrected chi connectivity index (χ1v) is 11.1. The van der Waals surface area contributed by atoms with Crippen molar-refractivity contribution in [2.45, 2.75) is 17.4 Å². The SMILES string of the molecule is O=C1CC(N2CCN(S(=O)(=O)c3ccccc3)CC2)C(=O)N1c1cccc(Cl)c1. The molecular weight excluding hydrogens is 414 g/mol. The van der Waals surface area contributed by atoms with Crippen LogP contribution in [0.2, 0.25) is 5.02 Å². The molecular formula is C20H20ClN3O4S. The first kappa shape index (κ1) is 20.0. The van der Waals surface area contributed by atoms with Gasteiger partial charge in [-0.05, 0) is 30.3 Å². The lowest BCUT2D eigenvalue weighted by Crippen LogP contribution is -2.53. The van der Waals surface area contributed by atoms with E-state index < -0.39 is 16.1 Å². The van der Waals surface area contributed by atoms with Gasteiger partial charge in [0.2, 0.25) is 15.9 Å². The molecule has 0 radical (unpaired) electrons. The van der Waals surface area contributed by atoms with Gasteiger partial charge in [-0.1, -0.05) is 35.9 Å². The Labute approximate surface area is 174 Å². The number of halogens is 1. The fourth-order valence-corrected chi connectivity index (χ4v) is 5.41. The van der Waals surface area contributed by atoms with Crippen molar-refractivity contribution in [2.75, 3.05) is 31.1 Å². The van der Waals surface area contributed by atoms with Gasteiger partial charge in [0.25, 0.3) is 5.91 Å². The Kier molecular flexibility index (Phi) is 5.44. The topological polar surface area (TPSA) is 78.0 Å². The fourth-order valence-electron chi connectivity index (χ4n) is 3.78. The number of benzene rings is 2. The maximum absolute atomic E-state index is 12.9. The van der Waals surface area contributed by atoms with Crippen LogP contribution in [0.4, 0.5) is 5.69 Å². The van der Waals surface area contributed by atoms with Crippen LogP contribution in [0.5, 0.6) is 0 Å². The Hall–Kier alpha value is -2.26. The quantitative estimate of drug-likeness (QED) is 0.689. The average molecular weight is 434 g/mol. The predicted molar refractivity (Wildman–Crippen MR) is 109 cm³/mol. The third kappa shape index (κ3) is 3.81. The summed E-state index contributed by atoms with van der Waals surface area (Å²) in [6.07, 6.45) is 0.0801. The Morgan fingerprint density at radius 2 is 1.59 bits per heavy atom. The van der Waals surface area contributed by atoms with Gasteiger partial charge in [0.05, 0.1) is 23.0 Å². The van der Waals surface area contributed by atoms with Crippen molar-refractivity contribution < 1.29 is 18.0 Å². The molecule has 2 aliphatic rings. The van der Waals surface area contributed by atoms with Crippen molar-refractivity contribution in [2.24, 2.45) is 0 Å². The second kappa shape index (κ2) is 7.87. The van der Waals surface area contributed by atoms with Gasteiger partial charge >= 0.3 is 0 Å². The number of sulfonamides is 1. The van der Waals surface area contributed by atoms with E-state index in [9.17, 15) is 18.0 Å². The van der Waals surface area contributed by atoms with Gasteiger partial charge in [0.15, 0.2) is 0 Å². The van der Waals surface area contributed by atoms with Crippen LogP contribution in [-0.2, 0) is 19.6 Å². The minimum Gasteiger partial charge on any atom is -0.289 e. The van der Waals surface area contributed by atoms with Crippen molar-refractivity contribution >= 4 is 39.1 Å². The second-order valence-corrected chi connectivity index (χ2v) is 9.39. The van der Waals surface area contributed by atoms with Crippen molar-refractivity contribution in [1.82, 2.24) is 9.21 Å². The molecule has 0 N–H and O–H groups in total. The molecule has 2 aliphatic heterocycles.